The average molecular weight is 184 g/mol. The molecule has 0 aromatic heterocycles. The Bertz CT molecular complexity index is 269. The molecule has 0 spiro atoms. The molecule has 1 aromatic rings. The summed E-state index contributed by atoms with van der Waals surface area (Å²) in [6.07, 6.45) is 0. The van der Waals surface area contributed by atoms with Crippen LogP contribution < -0.4 is 0 Å². The lowest BCUT2D eigenvalue weighted by Gasteiger charge is -2.08. The summed E-state index contributed by atoms with van der Waals surface area (Å²) in [5, 5.41) is 8.93. The Morgan fingerprint density at radius 1 is 1.08 bits per heavy atom. The fourth-order valence-corrected chi connectivity index (χ4v) is 1.18. The van der Waals surface area contributed by atoms with Crippen molar-refractivity contribution in [3.8, 4) is 0 Å². The van der Waals surface area contributed by atoms with Gasteiger partial charge >= 0.3 is 0 Å². The second-order valence-electron chi connectivity index (χ2n) is 2.95. The van der Waals surface area contributed by atoms with Crippen LogP contribution in [0.3, 0.4) is 0 Å². The van der Waals surface area contributed by atoms with Crippen LogP contribution in [0.25, 0.3) is 0 Å². The monoisotopic (exact) mass is 184 g/mol. The van der Waals surface area contributed by atoms with Crippen molar-refractivity contribution in [3.05, 3.63) is 34.4 Å². The van der Waals surface area contributed by atoms with Gasteiger partial charge in [-0.25, -0.2) is 0 Å². The summed E-state index contributed by atoms with van der Waals surface area (Å²) in [5.74, 6) is 0. The zero-order chi connectivity index (χ0) is 8.43. The van der Waals surface area contributed by atoms with Crippen molar-refractivity contribution < 1.29 is 5.11 Å². The number of aliphatic hydroxyl groups is 1. The van der Waals surface area contributed by atoms with Crippen LogP contribution in [0.15, 0.2) is 12.1 Å². The summed E-state index contributed by atoms with van der Waals surface area (Å²) in [7, 11) is 0. The van der Waals surface area contributed by atoms with Crippen molar-refractivity contribution >= 4 is 9.90 Å². The fourth-order valence-electron chi connectivity index (χ4n) is 1.18. The van der Waals surface area contributed by atoms with Gasteiger partial charge in [0.1, 0.15) is 0 Å². The van der Waals surface area contributed by atoms with E-state index in [4.69, 9.17) is 5.11 Å². The van der Waals surface area contributed by atoms with Gasteiger partial charge < -0.3 is 5.11 Å². The first-order chi connectivity index (χ1) is 5.16. The predicted molar refractivity (Wildman–Crippen MR) is 57.7 cm³/mol. The van der Waals surface area contributed by atoms with E-state index in [0.29, 0.717) is 0 Å². The summed E-state index contributed by atoms with van der Waals surface area (Å²) in [4.78, 5) is 0. The average Bonchev–Trinajstić information content (AvgIpc) is 2.01. The lowest BCUT2D eigenvalue weighted by molar-refractivity contribution is 0.281. The summed E-state index contributed by atoms with van der Waals surface area (Å²) < 4.78 is 0. The van der Waals surface area contributed by atoms with Gasteiger partial charge in [-0.15, -0.1) is 0 Å². The first-order valence-electron chi connectivity index (χ1n) is 3.83. The minimum absolute atomic E-state index is 0. The van der Waals surface area contributed by atoms with Crippen LogP contribution in [-0.4, -0.2) is 5.11 Å². The third kappa shape index (κ3) is 2.06. The zero-order valence-electron chi connectivity index (χ0n) is 8.02. The highest BCUT2D eigenvalue weighted by atomic mass is 31.0. The Hall–Kier alpha value is -0.390. The van der Waals surface area contributed by atoms with Gasteiger partial charge in [0.05, 0.1) is 6.61 Å². The Labute approximate surface area is 77.4 Å². The van der Waals surface area contributed by atoms with E-state index in [2.05, 4.69) is 13.8 Å². The molecule has 1 nitrogen and oxygen atoms in total. The van der Waals surface area contributed by atoms with Gasteiger partial charge in [-0.1, -0.05) is 12.1 Å². The molecule has 1 atom stereocenters. The summed E-state index contributed by atoms with van der Waals surface area (Å²) in [5.41, 5.74) is 4.83. The number of hydrogen-bond donors (Lipinski definition) is 1. The molecule has 0 aliphatic rings. The van der Waals surface area contributed by atoms with Crippen LogP contribution in [0.1, 0.15) is 22.3 Å². The molecule has 0 radical (unpaired) electrons. The molecule has 0 bridgehead atoms. The maximum Gasteiger partial charge on any atom is 0.0684 e. The van der Waals surface area contributed by atoms with Crippen LogP contribution in [0.5, 0.6) is 0 Å². The van der Waals surface area contributed by atoms with Gasteiger partial charge in [0.2, 0.25) is 0 Å². The van der Waals surface area contributed by atoms with Crippen LogP contribution in [0.4, 0.5) is 0 Å². The van der Waals surface area contributed by atoms with Crippen LogP contribution in [-0.2, 0) is 6.61 Å². The second kappa shape index (κ2) is 4.59. The Morgan fingerprint density at radius 2 is 1.67 bits per heavy atom. The van der Waals surface area contributed by atoms with Crippen LogP contribution >= 0.6 is 9.90 Å². The molecule has 12 heavy (non-hydrogen) atoms. The van der Waals surface area contributed by atoms with E-state index in [-0.39, 0.29) is 16.5 Å². The fraction of sp³-hybridized carbons (Fsp3) is 0.400. The highest BCUT2D eigenvalue weighted by Crippen LogP contribution is 2.16. The lowest BCUT2D eigenvalue weighted by Crippen LogP contribution is -1.93. The molecule has 0 saturated heterocycles. The molecule has 0 fully saturated rings. The Balaban J connectivity index is 0.00000121. The van der Waals surface area contributed by atoms with Crippen molar-refractivity contribution in [2.45, 2.75) is 27.4 Å². The minimum Gasteiger partial charge on any atom is -0.392 e. The number of hydrogen-bond acceptors (Lipinski definition) is 1. The molecule has 0 amide bonds. The largest absolute Gasteiger partial charge is 0.392 e. The van der Waals surface area contributed by atoms with Crippen LogP contribution in [0, 0.1) is 20.8 Å². The van der Waals surface area contributed by atoms with Gasteiger partial charge in [0.25, 0.3) is 0 Å². The molecule has 68 valence electrons. The van der Waals surface area contributed by atoms with Crippen molar-refractivity contribution in [2.75, 3.05) is 0 Å². The highest BCUT2D eigenvalue weighted by Gasteiger charge is 2.00. The molecular formula is C10H17OP. The summed E-state index contributed by atoms with van der Waals surface area (Å²) in [6, 6.07) is 4.03. The Kier molecular flexibility index (Phi) is 4.44. The Morgan fingerprint density at radius 3 is 2.17 bits per heavy atom. The highest BCUT2D eigenvalue weighted by molar-refractivity contribution is 6.92. The predicted octanol–water partition coefficient (Wildman–Crippen LogP) is 2.16. The summed E-state index contributed by atoms with van der Waals surface area (Å²) >= 11 is 0. The third-order valence-corrected chi connectivity index (χ3v) is 2.34. The van der Waals surface area contributed by atoms with E-state index < -0.39 is 0 Å². The van der Waals surface area contributed by atoms with Crippen molar-refractivity contribution in [1.82, 2.24) is 0 Å². The number of aliphatic hydroxyl groups excluding tert-OH is 1. The van der Waals surface area contributed by atoms with Gasteiger partial charge in [-0.05, 0) is 43.0 Å². The smallest absolute Gasteiger partial charge is 0.0684 e. The number of aryl methyl sites for hydroxylation is 1. The number of rotatable bonds is 1. The van der Waals surface area contributed by atoms with Gasteiger partial charge in [-0.2, -0.15) is 9.90 Å². The van der Waals surface area contributed by atoms with Gasteiger partial charge in [0.15, 0.2) is 0 Å². The van der Waals surface area contributed by atoms with E-state index in [9.17, 15) is 0 Å². The minimum atomic E-state index is 0. The van der Waals surface area contributed by atoms with E-state index in [1.54, 1.807) is 0 Å². The van der Waals surface area contributed by atoms with Gasteiger partial charge in [-0.3, -0.25) is 0 Å². The molecule has 0 saturated carbocycles. The van der Waals surface area contributed by atoms with E-state index in [1.807, 2.05) is 19.1 Å². The molecule has 1 rings (SSSR count). The van der Waals surface area contributed by atoms with E-state index >= 15 is 0 Å². The van der Waals surface area contributed by atoms with Crippen molar-refractivity contribution in [3.63, 3.8) is 0 Å². The molecule has 1 N–H and O–H groups in total. The molecule has 1 unspecified atom stereocenters. The summed E-state index contributed by atoms with van der Waals surface area (Å²) in [6.45, 7) is 6.37. The first kappa shape index (κ1) is 11.6. The molecule has 0 aliphatic heterocycles. The van der Waals surface area contributed by atoms with Crippen molar-refractivity contribution in [2.24, 2.45) is 0 Å². The normalized spacial score (nSPS) is 9.33. The first-order valence-corrected chi connectivity index (χ1v) is 3.83. The number of benzene rings is 1. The third-order valence-electron chi connectivity index (χ3n) is 2.34. The molecular weight excluding hydrogens is 167 g/mol. The quantitative estimate of drug-likeness (QED) is 0.663. The SMILES string of the molecule is Cc1ccc(CO)c(C)c1C.P. The molecule has 1 aromatic carbocycles. The molecule has 0 heterocycles. The molecule has 2 heteroatoms. The zero-order valence-corrected chi connectivity index (χ0v) is 9.43. The second-order valence-corrected chi connectivity index (χ2v) is 2.95. The van der Waals surface area contributed by atoms with Crippen LogP contribution in [0.2, 0.25) is 0 Å². The van der Waals surface area contributed by atoms with E-state index in [0.717, 1.165) is 5.56 Å². The van der Waals surface area contributed by atoms with Crippen molar-refractivity contribution in [1.29, 1.82) is 0 Å². The molecule has 0 aliphatic carbocycles. The standard InChI is InChI=1S/C10H14O.H3P/c1-7-4-5-10(6-11)9(3)8(7)2;/h4-5,11H,6H2,1-3H3;1H3. The maximum atomic E-state index is 8.93. The topological polar surface area (TPSA) is 20.2 Å². The maximum absolute atomic E-state index is 8.93. The van der Waals surface area contributed by atoms with Gasteiger partial charge in [0, 0.05) is 0 Å². The lowest BCUT2D eigenvalue weighted by atomic mass is 9.99. The van der Waals surface area contributed by atoms with E-state index in [1.165, 1.54) is 16.7 Å².